The zero-order valence-corrected chi connectivity index (χ0v) is 7.93. The normalized spacial score (nSPS) is 18.9. The molecule has 0 aliphatic carbocycles. The summed E-state index contributed by atoms with van der Waals surface area (Å²) in [7, 11) is 0. The molecule has 0 fully saturated rings. The summed E-state index contributed by atoms with van der Waals surface area (Å²) in [6.07, 6.45) is 3.03. The summed E-state index contributed by atoms with van der Waals surface area (Å²) in [6, 6.07) is -0.544. The maximum absolute atomic E-state index is 11.0. The van der Waals surface area contributed by atoms with Crippen LogP contribution < -0.4 is 16.9 Å². The minimum Gasteiger partial charge on any atom is -0.365 e. The molecule has 3 amide bonds. The number of fused-ring (bicyclic) bond motifs is 1. The fourth-order valence-electron chi connectivity index (χ4n) is 1.55. The Morgan fingerprint density at radius 3 is 2.67 bits per heavy atom. The first-order chi connectivity index (χ1) is 7.09. The number of primary amides is 2. The lowest BCUT2D eigenvalue weighted by atomic mass is 10.2. The van der Waals surface area contributed by atoms with Crippen molar-refractivity contribution in [2.75, 3.05) is 13.1 Å². The van der Waals surface area contributed by atoms with Gasteiger partial charge >= 0.3 is 6.03 Å². The molecule has 0 radical (unpaired) electrons. The fourth-order valence-corrected chi connectivity index (χ4v) is 1.55. The number of nitrogens with one attached hydrogen (secondary N) is 1. The molecule has 0 aromatic heterocycles. The van der Waals surface area contributed by atoms with Crippen molar-refractivity contribution in [3.8, 4) is 0 Å². The third kappa shape index (κ3) is 1.47. The van der Waals surface area contributed by atoms with Gasteiger partial charge in [-0.2, -0.15) is 0 Å². The van der Waals surface area contributed by atoms with E-state index in [4.69, 9.17) is 11.5 Å². The van der Waals surface area contributed by atoms with E-state index < -0.39 is 11.9 Å². The van der Waals surface area contributed by atoms with Crippen LogP contribution in [-0.4, -0.2) is 34.9 Å². The van der Waals surface area contributed by atoms with Crippen LogP contribution in [0, 0.1) is 0 Å². The summed E-state index contributed by atoms with van der Waals surface area (Å²) < 4.78 is 0. The monoisotopic (exact) mass is 209 g/mol. The lowest BCUT2D eigenvalue weighted by molar-refractivity contribution is -0.114. The molecule has 0 aromatic rings. The first-order valence-corrected chi connectivity index (χ1v) is 4.41. The molecule has 2 heterocycles. The predicted molar refractivity (Wildman–Crippen MR) is 51.5 cm³/mol. The van der Waals surface area contributed by atoms with E-state index in [1.807, 2.05) is 0 Å². The number of carbonyl (C=O) groups is 2. The smallest absolute Gasteiger partial charge is 0.318 e. The Morgan fingerprint density at radius 2 is 2.07 bits per heavy atom. The molecule has 0 saturated carbocycles. The highest BCUT2D eigenvalue weighted by atomic mass is 16.2. The van der Waals surface area contributed by atoms with Crippen molar-refractivity contribution in [2.24, 2.45) is 11.5 Å². The molecule has 0 aromatic carbocycles. The second kappa shape index (κ2) is 3.19. The van der Waals surface area contributed by atoms with Gasteiger partial charge < -0.3 is 16.9 Å². The molecule has 0 saturated heterocycles. The molecule has 5 N–H and O–H groups in total. The number of carbonyl (C=O) groups excluding carboxylic acids is 2. The maximum Gasteiger partial charge on any atom is 0.318 e. The zero-order chi connectivity index (χ0) is 11.0. The second-order valence-electron chi connectivity index (χ2n) is 3.25. The first-order valence-electron chi connectivity index (χ1n) is 4.41. The summed E-state index contributed by atoms with van der Waals surface area (Å²) >= 11 is 0. The van der Waals surface area contributed by atoms with Gasteiger partial charge in [0, 0.05) is 18.9 Å². The number of rotatable bonds is 1. The molecule has 2 aliphatic rings. The lowest BCUT2D eigenvalue weighted by Gasteiger charge is -2.30. The molecule has 7 nitrogen and oxygen atoms in total. The number of amides is 3. The fraction of sp³-hybridized carbons (Fsp3) is 0.250. The number of hydrazine groups is 1. The van der Waals surface area contributed by atoms with Gasteiger partial charge in [0.2, 0.25) is 0 Å². The molecular formula is C8H11N5O2. The van der Waals surface area contributed by atoms with E-state index in [-0.39, 0.29) is 0 Å². The lowest BCUT2D eigenvalue weighted by Crippen LogP contribution is -2.45. The van der Waals surface area contributed by atoms with Gasteiger partial charge in [-0.1, -0.05) is 0 Å². The first kappa shape index (κ1) is 9.38. The van der Waals surface area contributed by atoms with Crippen molar-refractivity contribution in [3.63, 3.8) is 0 Å². The maximum atomic E-state index is 11.0. The van der Waals surface area contributed by atoms with Crippen LogP contribution >= 0.6 is 0 Å². The van der Waals surface area contributed by atoms with Crippen molar-refractivity contribution in [2.45, 2.75) is 0 Å². The van der Waals surface area contributed by atoms with Crippen LogP contribution in [0.3, 0.4) is 0 Å². The highest BCUT2D eigenvalue weighted by molar-refractivity contribution is 5.97. The Balaban J connectivity index is 2.29. The van der Waals surface area contributed by atoms with Gasteiger partial charge in [0.05, 0.1) is 17.8 Å². The molecule has 80 valence electrons. The molecule has 0 unspecified atom stereocenters. The van der Waals surface area contributed by atoms with Crippen LogP contribution in [0.1, 0.15) is 0 Å². The predicted octanol–water partition coefficient (Wildman–Crippen LogP) is -1.59. The number of hydrogen-bond donors (Lipinski definition) is 3. The van der Waals surface area contributed by atoms with Crippen LogP contribution in [0.15, 0.2) is 23.7 Å². The topological polar surface area (TPSA) is 105 Å². The number of urea groups is 1. The Kier molecular flexibility index (Phi) is 2.00. The van der Waals surface area contributed by atoms with Crippen LogP contribution in [0.5, 0.6) is 0 Å². The average Bonchev–Trinajstić information content (AvgIpc) is 2.59. The van der Waals surface area contributed by atoms with Gasteiger partial charge in [0.15, 0.2) is 0 Å². The van der Waals surface area contributed by atoms with Gasteiger partial charge in [-0.15, -0.1) is 0 Å². The van der Waals surface area contributed by atoms with E-state index in [0.717, 1.165) is 0 Å². The van der Waals surface area contributed by atoms with Crippen molar-refractivity contribution >= 4 is 11.9 Å². The highest BCUT2D eigenvalue weighted by Crippen LogP contribution is 2.22. The van der Waals surface area contributed by atoms with E-state index in [1.54, 1.807) is 5.01 Å². The summed E-state index contributed by atoms with van der Waals surface area (Å²) in [5.74, 6) is -0.539. The van der Waals surface area contributed by atoms with E-state index in [2.05, 4.69) is 5.43 Å². The molecule has 7 heteroatoms. The van der Waals surface area contributed by atoms with Crippen LogP contribution in [-0.2, 0) is 4.79 Å². The Bertz CT molecular complexity index is 386. The molecule has 15 heavy (non-hydrogen) atoms. The highest BCUT2D eigenvalue weighted by Gasteiger charge is 2.28. The number of hydrogen-bond acceptors (Lipinski definition) is 4. The van der Waals surface area contributed by atoms with Gasteiger partial charge in [-0.3, -0.25) is 14.7 Å². The summed E-state index contributed by atoms with van der Waals surface area (Å²) in [6.45, 7) is 1.04. The van der Waals surface area contributed by atoms with E-state index in [0.29, 0.717) is 24.4 Å². The number of nitrogens with zero attached hydrogens (tertiary/aromatic N) is 2. The van der Waals surface area contributed by atoms with Gasteiger partial charge in [-0.05, 0) is 0 Å². The third-order valence-electron chi connectivity index (χ3n) is 2.32. The zero-order valence-electron chi connectivity index (χ0n) is 7.93. The van der Waals surface area contributed by atoms with Gasteiger partial charge in [0.1, 0.15) is 0 Å². The Hall–Kier alpha value is -2.18. The minimum atomic E-state index is -0.544. The molecule has 2 rings (SSSR count). The minimum absolute atomic E-state index is 0.348. The summed E-state index contributed by atoms with van der Waals surface area (Å²) in [5, 5.41) is 1.74. The molecule has 0 spiro atoms. The SMILES string of the molecule is NC(=O)C1=CNN2CCN(C(N)=O)C=C12. The quantitative estimate of drug-likeness (QED) is 0.484. The molecule has 0 bridgehead atoms. The van der Waals surface area contributed by atoms with Crippen molar-refractivity contribution < 1.29 is 9.59 Å². The molecular weight excluding hydrogens is 198 g/mol. The molecule has 2 aliphatic heterocycles. The average molecular weight is 209 g/mol. The second-order valence-corrected chi connectivity index (χ2v) is 3.25. The van der Waals surface area contributed by atoms with E-state index in [9.17, 15) is 9.59 Å². The van der Waals surface area contributed by atoms with E-state index >= 15 is 0 Å². The third-order valence-corrected chi connectivity index (χ3v) is 2.32. The van der Waals surface area contributed by atoms with Crippen LogP contribution in [0.2, 0.25) is 0 Å². The van der Waals surface area contributed by atoms with Gasteiger partial charge in [0.25, 0.3) is 5.91 Å². The van der Waals surface area contributed by atoms with Gasteiger partial charge in [-0.25, -0.2) is 4.79 Å². The Morgan fingerprint density at radius 1 is 1.33 bits per heavy atom. The van der Waals surface area contributed by atoms with Crippen molar-refractivity contribution in [1.82, 2.24) is 15.3 Å². The van der Waals surface area contributed by atoms with Crippen LogP contribution in [0.4, 0.5) is 4.79 Å². The Labute approximate surface area is 85.9 Å². The van der Waals surface area contributed by atoms with Crippen LogP contribution in [0.25, 0.3) is 0 Å². The summed E-state index contributed by atoms with van der Waals surface area (Å²) in [4.78, 5) is 23.3. The van der Waals surface area contributed by atoms with Crippen molar-refractivity contribution in [3.05, 3.63) is 23.7 Å². The number of nitrogens with two attached hydrogens (primary N) is 2. The summed E-state index contributed by atoms with van der Waals surface area (Å²) in [5.41, 5.74) is 14.1. The standard InChI is InChI=1S/C8H11N5O2/c9-7(14)5-3-11-13-2-1-12(8(10)15)4-6(5)13/h3-4,11H,1-2H2,(H2,9,14)(H2,10,15). The largest absolute Gasteiger partial charge is 0.365 e. The molecule has 0 atom stereocenters. The van der Waals surface area contributed by atoms with E-state index in [1.165, 1.54) is 17.3 Å². The van der Waals surface area contributed by atoms with Crippen molar-refractivity contribution in [1.29, 1.82) is 0 Å².